The minimum Gasteiger partial charge on any atom is -0.495 e. The van der Waals surface area contributed by atoms with E-state index in [1.807, 2.05) is 54.6 Å². The molecule has 5 nitrogen and oxygen atoms in total. The maximum atomic E-state index is 11.9. The fourth-order valence-electron chi connectivity index (χ4n) is 2.02. The van der Waals surface area contributed by atoms with Crippen molar-refractivity contribution < 1.29 is 14.3 Å². The van der Waals surface area contributed by atoms with Crippen LogP contribution in [0.5, 0.6) is 5.75 Å². The Morgan fingerprint density at radius 1 is 1.09 bits per heavy atom. The second kappa shape index (κ2) is 6.13. The molecular formula is C17H14N2O3. The first kappa shape index (κ1) is 13.9. The summed E-state index contributed by atoms with van der Waals surface area (Å²) in [7, 11) is 1.59. The van der Waals surface area contributed by atoms with E-state index in [1.165, 1.54) is 6.20 Å². The third kappa shape index (κ3) is 2.83. The maximum Gasteiger partial charge on any atom is 0.365 e. The summed E-state index contributed by atoms with van der Waals surface area (Å²) in [6, 6.07) is 16.7. The van der Waals surface area contributed by atoms with Gasteiger partial charge in [0.2, 0.25) is 5.90 Å². The van der Waals surface area contributed by atoms with Gasteiger partial charge in [0, 0.05) is 11.8 Å². The lowest BCUT2D eigenvalue weighted by molar-refractivity contribution is -0.130. The van der Waals surface area contributed by atoms with E-state index in [0.717, 1.165) is 11.3 Å². The lowest BCUT2D eigenvalue weighted by Gasteiger charge is -2.06. The fourth-order valence-corrected chi connectivity index (χ4v) is 2.02. The van der Waals surface area contributed by atoms with Crippen LogP contribution >= 0.6 is 0 Å². The summed E-state index contributed by atoms with van der Waals surface area (Å²) in [4.78, 5) is 16.1. The van der Waals surface area contributed by atoms with Gasteiger partial charge in [-0.15, -0.1) is 0 Å². The molecule has 1 heterocycles. The van der Waals surface area contributed by atoms with Crippen LogP contribution in [-0.4, -0.2) is 19.0 Å². The molecule has 110 valence electrons. The van der Waals surface area contributed by atoms with E-state index in [1.54, 1.807) is 7.11 Å². The summed E-state index contributed by atoms with van der Waals surface area (Å²) in [5.41, 5.74) is 1.72. The Kier molecular flexibility index (Phi) is 3.87. The highest BCUT2D eigenvalue weighted by Crippen LogP contribution is 2.24. The number of anilines is 1. The first-order chi connectivity index (χ1) is 10.8. The van der Waals surface area contributed by atoms with Gasteiger partial charge in [-0.2, -0.15) is 0 Å². The lowest BCUT2D eigenvalue weighted by Crippen LogP contribution is -2.05. The van der Waals surface area contributed by atoms with E-state index < -0.39 is 5.97 Å². The lowest BCUT2D eigenvalue weighted by atomic mass is 10.2. The van der Waals surface area contributed by atoms with Gasteiger partial charge >= 0.3 is 5.97 Å². The van der Waals surface area contributed by atoms with E-state index >= 15 is 0 Å². The van der Waals surface area contributed by atoms with E-state index in [2.05, 4.69) is 10.3 Å². The number of methoxy groups -OCH3 is 1. The number of carbonyl (C=O) groups excluding carboxylic acids is 1. The van der Waals surface area contributed by atoms with Crippen molar-refractivity contribution in [3.63, 3.8) is 0 Å². The number of esters is 1. The van der Waals surface area contributed by atoms with E-state index in [4.69, 9.17) is 9.47 Å². The van der Waals surface area contributed by atoms with Crippen LogP contribution in [0, 0.1) is 0 Å². The Hall–Kier alpha value is -3.08. The van der Waals surface area contributed by atoms with Gasteiger partial charge in [0.1, 0.15) is 5.75 Å². The fraction of sp³-hybridized carbons (Fsp3) is 0.0588. The molecule has 0 unspecified atom stereocenters. The number of carbonyl (C=O) groups is 1. The summed E-state index contributed by atoms with van der Waals surface area (Å²) in [5.74, 6) is 0.498. The van der Waals surface area contributed by atoms with Gasteiger partial charge < -0.3 is 14.8 Å². The molecule has 0 radical (unpaired) electrons. The highest BCUT2D eigenvalue weighted by Gasteiger charge is 2.23. The Labute approximate surface area is 127 Å². The topological polar surface area (TPSA) is 59.9 Å². The van der Waals surface area contributed by atoms with Gasteiger partial charge in [0.05, 0.1) is 12.8 Å². The number of cyclic esters (lactones) is 1. The van der Waals surface area contributed by atoms with Crippen molar-refractivity contribution in [1.82, 2.24) is 0 Å². The van der Waals surface area contributed by atoms with Crippen molar-refractivity contribution in [2.24, 2.45) is 4.99 Å². The Bertz CT molecular complexity index is 752. The normalized spacial score (nSPS) is 15.4. The Balaban J connectivity index is 1.82. The van der Waals surface area contributed by atoms with Gasteiger partial charge in [-0.1, -0.05) is 30.3 Å². The van der Waals surface area contributed by atoms with Crippen LogP contribution in [-0.2, 0) is 9.53 Å². The first-order valence-corrected chi connectivity index (χ1v) is 6.74. The van der Waals surface area contributed by atoms with E-state index in [-0.39, 0.29) is 5.70 Å². The molecule has 0 spiro atoms. The van der Waals surface area contributed by atoms with Crippen LogP contribution in [0.3, 0.4) is 0 Å². The van der Waals surface area contributed by atoms with Crippen molar-refractivity contribution in [1.29, 1.82) is 0 Å². The second-order valence-corrected chi connectivity index (χ2v) is 4.55. The number of ether oxygens (including phenoxy) is 2. The zero-order valence-electron chi connectivity index (χ0n) is 11.9. The molecular weight excluding hydrogens is 280 g/mol. The summed E-state index contributed by atoms with van der Waals surface area (Å²) in [6.45, 7) is 0. The molecule has 0 saturated heterocycles. The molecule has 2 aromatic rings. The number of aliphatic imine (C=N–C) groups is 1. The van der Waals surface area contributed by atoms with E-state index in [9.17, 15) is 4.79 Å². The Morgan fingerprint density at radius 2 is 1.82 bits per heavy atom. The molecule has 22 heavy (non-hydrogen) atoms. The average Bonchev–Trinajstić information content (AvgIpc) is 2.95. The van der Waals surface area contributed by atoms with Crippen LogP contribution < -0.4 is 10.1 Å². The first-order valence-electron chi connectivity index (χ1n) is 6.74. The quantitative estimate of drug-likeness (QED) is 0.695. The SMILES string of the molecule is COc1ccccc1N/C=C1\N=C(c2ccccc2)OC1=O. The largest absolute Gasteiger partial charge is 0.495 e. The van der Waals surface area contributed by atoms with Crippen LogP contribution in [0.15, 0.2) is 71.5 Å². The Morgan fingerprint density at radius 3 is 2.59 bits per heavy atom. The van der Waals surface area contributed by atoms with Gasteiger partial charge in [-0.05, 0) is 24.3 Å². The molecule has 1 aliphatic rings. The second-order valence-electron chi connectivity index (χ2n) is 4.55. The summed E-state index contributed by atoms with van der Waals surface area (Å²) in [6.07, 6.45) is 1.51. The van der Waals surface area contributed by atoms with Gasteiger partial charge in [0.25, 0.3) is 0 Å². The average molecular weight is 294 g/mol. The zero-order chi connectivity index (χ0) is 15.4. The number of nitrogens with zero attached hydrogens (tertiary/aromatic N) is 1. The monoisotopic (exact) mass is 294 g/mol. The smallest absolute Gasteiger partial charge is 0.365 e. The number of hydrogen-bond acceptors (Lipinski definition) is 5. The molecule has 0 amide bonds. The number of para-hydroxylation sites is 2. The van der Waals surface area contributed by atoms with Crippen molar-refractivity contribution in [3.05, 3.63) is 72.1 Å². The van der Waals surface area contributed by atoms with Gasteiger partial charge in [-0.25, -0.2) is 9.79 Å². The van der Waals surface area contributed by atoms with Gasteiger partial charge in [-0.3, -0.25) is 0 Å². The number of benzene rings is 2. The standard InChI is InChI=1S/C17H14N2O3/c1-21-15-10-6-5-9-13(15)18-11-14-17(20)22-16(19-14)12-7-3-2-4-8-12/h2-11,18H,1H3/b14-11-. The summed E-state index contributed by atoms with van der Waals surface area (Å²) >= 11 is 0. The molecule has 3 rings (SSSR count). The number of nitrogens with one attached hydrogen (secondary N) is 1. The van der Waals surface area contributed by atoms with Crippen molar-refractivity contribution in [3.8, 4) is 5.75 Å². The predicted octanol–water partition coefficient (Wildman–Crippen LogP) is 2.95. The minimum absolute atomic E-state index is 0.213. The highest BCUT2D eigenvalue weighted by molar-refractivity contribution is 6.11. The molecule has 0 atom stereocenters. The molecule has 5 heteroatoms. The number of rotatable bonds is 4. The molecule has 0 fully saturated rings. The minimum atomic E-state index is -0.485. The molecule has 0 bridgehead atoms. The van der Waals surface area contributed by atoms with Crippen LogP contribution in [0.2, 0.25) is 0 Å². The molecule has 0 aromatic heterocycles. The zero-order valence-corrected chi connectivity index (χ0v) is 11.9. The molecule has 1 N–H and O–H groups in total. The van der Waals surface area contributed by atoms with E-state index in [0.29, 0.717) is 11.6 Å². The van der Waals surface area contributed by atoms with Crippen molar-refractivity contribution in [2.45, 2.75) is 0 Å². The summed E-state index contributed by atoms with van der Waals surface area (Å²) < 4.78 is 10.4. The third-order valence-corrected chi connectivity index (χ3v) is 3.11. The van der Waals surface area contributed by atoms with Crippen molar-refractivity contribution >= 4 is 17.6 Å². The predicted molar refractivity (Wildman–Crippen MR) is 83.8 cm³/mol. The maximum absolute atomic E-state index is 11.9. The molecule has 0 aliphatic carbocycles. The summed E-state index contributed by atoms with van der Waals surface area (Å²) in [5, 5.41) is 3.01. The molecule has 2 aromatic carbocycles. The van der Waals surface area contributed by atoms with Crippen molar-refractivity contribution in [2.75, 3.05) is 12.4 Å². The van der Waals surface area contributed by atoms with Crippen LogP contribution in [0.25, 0.3) is 0 Å². The highest BCUT2D eigenvalue weighted by atomic mass is 16.6. The molecule has 0 saturated carbocycles. The third-order valence-electron chi connectivity index (χ3n) is 3.11. The van der Waals surface area contributed by atoms with Gasteiger partial charge in [0.15, 0.2) is 5.70 Å². The number of hydrogen-bond donors (Lipinski definition) is 1. The molecule has 1 aliphatic heterocycles. The van der Waals surface area contributed by atoms with Crippen LogP contribution in [0.4, 0.5) is 5.69 Å². The van der Waals surface area contributed by atoms with Crippen LogP contribution in [0.1, 0.15) is 5.56 Å².